The Bertz CT molecular complexity index is 499. The number of benzene rings is 1. The monoisotopic (exact) mass is 325 g/mol. The molecule has 102 valence electrons. The van der Waals surface area contributed by atoms with Gasteiger partial charge in [0, 0.05) is 16.1 Å². The Balaban J connectivity index is 2.24. The molecule has 0 heterocycles. The Morgan fingerprint density at radius 3 is 2.63 bits per heavy atom. The van der Waals surface area contributed by atoms with Crippen molar-refractivity contribution in [1.82, 2.24) is 4.90 Å². The Morgan fingerprint density at radius 1 is 1.42 bits per heavy atom. The lowest BCUT2D eigenvalue weighted by molar-refractivity contribution is -0.145. The summed E-state index contributed by atoms with van der Waals surface area (Å²) in [6.45, 7) is 1.71. The zero-order valence-electron chi connectivity index (χ0n) is 10.9. The van der Waals surface area contributed by atoms with Crippen LogP contribution in [0.3, 0.4) is 0 Å². The molecule has 0 aliphatic heterocycles. The van der Waals surface area contributed by atoms with Gasteiger partial charge in [-0.05, 0) is 38.0 Å². The maximum absolute atomic E-state index is 12.5. The Labute approximate surface area is 120 Å². The topological polar surface area (TPSA) is 46.6 Å². The molecule has 1 saturated carbocycles. The Hall–Kier alpha value is -1.36. The van der Waals surface area contributed by atoms with Crippen molar-refractivity contribution in [2.45, 2.75) is 31.8 Å². The van der Waals surface area contributed by atoms with E-state index in [1.165, 1.54) is 7.11 Å². The SMILES string of the molecule is COC(=O)C(C)N(C(=O)c1cccc(Br)c1)C1CC1. The number of methoxy groups -OCH3 is 1. The predicted octanol–water partition coefficient (Wildman–Crippen LogP) is 2.62. The molecule has 19 heavy (non-hydrogen) atoms. The minimum absolute atomic E-state index is 0.123. The molecule has 1 aliphatic carbocycles. The summed E-state index contributed by atoms with van der Waals surface area (Å²) >= 11 is 3.35. The summed E-state index contributed by atoms with van der Waals surface area (Å²) < 4.78 is 5.59. The minimum atomic E-state index is -0.552. The van der Waals surface area contributed by atoms with Gasteiger partial charge in [0.15, 0.2) is 0 Å². The van der Waals surface area contributed by atoms with E-state index in [2.05, 4.69) is 15.9 Å². The van der Waals surface area contributed by atoms with Crippen molar-refractivity contribution in [2.24, 2.45) is 0 Å². The van der Waals surface area contributed by atoms with Gasteiger partial charge >= 0.3 is 5.97 Å². The van der Waals surface area contributed by atoms with Crippen LogP contribution in [0.5, 0.6) is 0 Å². The molecule has 0 N–H and O–H groups in total. The van der Waals surface area contributed by atoms with E-state index >= 15 is 0 Å². The van der Waals surface area contributed by atoms with Crippen LogP contribution in [-0.2, 0) is 9.53 Å². The molecule has 0 saturated heterocycles. The Morgan fingerprint density at radius 2 is 2.11 bits per heavy atom. The second-order valence-electron chi connectivity index (χ2n) is 4.65. The molecule has 1 aromatic rings. The summed E-state index contributed by atoms with van der Waals surface area (Å²) in [4.78, 5) is 25.8. The summed E-state index contributed by atoms with van der Waals surface area (Å²) in [6, 6.07) is 6.80. The van der Waals surface area contributed by atoms with Crippen molar-refractivity contribution in [2.75, 3.05) is 7.11 Å². The Kier molecular flexibility index (Phi) is 4.24. The molecule has 1 aliphatic rings. The fourth-order valence-electron chi connectivity index (χ4n) is 2.07. The van der Waals surface area contributed by atoms with Crippen molar-refractivity contribution in [3.05, 3.63) is 34.3 Å². The summed E-state index contributed by atoms with van der Waals surface area (Å²) in [6.07, 6.45) is 1.89. The number of ether oxygens (including phenoxy) is 1. The van der Waals surface area contributed by atoms with Gasteiger partial charge in [-0.3, -0.25) is 4.79 Å². The first-order valence-electron chi connectivity index (χ1n) is 6.20. The minimum Gasteiger partial charge on any atom is -0.467 e. The number of rotatable bonds is 4. The maximum Gasteiger partial charge on any atom is 0.328 e. The zero-order chi connectivity index (χ0) is 14.0. The number of esters is 1. The standard InChI is InChI=1S/C14H16BrNO3/c1-9(14(18)19-2)16(12-6-7-12)13(17)10-4-3-5-11(15)8-10/h3-5,8-9,12H,6-7H2,1-2H3. The van der Waals surface area contributed by atoms with Crippen LogP contribution in [0.25, 0.3) is 0 Å². The quantitative estimate of drug-likeness (QED) is 0.799. The van der Waals surface area contributed by atoms with E-state index in [-0.39, 0.29) is 17.9 Å². The molecule has 1 atom stereocenters. The van der Waals surface area contributed by atoms with E-state index in [0.717, 1.165) is 17.3 Å². The first-order valence-corrected chi connectivity index (χ1v) is 7.00. The number of nitrogens with zero attached hydrogens (tertiary/aromatic N) is 1. The summed E-state index contributed by atoms with van der Waals surface area (Å²) in [5.41, 5.74) is 0.581. The zero-order valence-corrected chi connectivity index (χ0v) is 12.5. The van der Waals surface area contributed by atoms with Crippen LogP contribution in [0.4, 0.5) is 0 Å². The third kappa shape index (κ3) is 3.15. The summed E-state index contributed by atoms with van der Waals surface area (Å²) in [5.74, 6) is -0.503. The van der Waals surface area contributed by atoms with Crippen molar-refractivity contribution in [3.63, 3.8) is 0 Å². The second-order valence-corrected chi connectivity index (χ2v) is 5.57. The molecule has 0 spiro atoms. The van der Waals surface area contributed by atoms with E-state index < -0.39 is 6.04 Å². The van der Waals surface area contributed by atoms with E-state index in [9.17, 15) is 9.59 Å². The van der Waals surface area contributed by atoms with Crippen molar-refractivity contribution in [3.8, 4) is 0 Å². The fraction of sp³-hybridized carbons (Fsp3) is 0.429. The fourth-order valence-corrected chi connectivity index (χ4v) is 2.46. The van der Waals surface area contributed by atoms with Crippen LogP contribution >= 0.6 is 15.9 Å². The van der Waals surface area contributed by atoms with Crippen LogP contribution in [-0.4, -0.2) is 36.0 Å². The molecule has 0 aromatic heterocycles. The molecule has 0 bridgehead atoms. The number of amides is 1. The van der Waals surface area contributed by atoms with E-state index in [1.807, 2.05) is 12.1 Å². The largest absolute Gasteiger partial charge is 0.467 e. The highest BCUT2D eigenvalue weighted by Gasteiger charge is 2.39. The van der Waals surface area contributed by atoms with Crippen LogP contribution in [0.15, 0.2) is 28.7 Å². The van der Waals surface area contributed by atoms with Crippen molar-refractivity contribution >= 4 is 27.8 Å². The van der Waals surface area contributed by atoms with E-state index in [1.54, 1.807) is 24.0 Å². The molecule has 1 amide bonds. The highest BCUT2D eigenvalue weighted by atomic mass is 79.9. The normalized spacial score (nSPS) is 15.7. The number of carbonyl (C=O) groups excluding carboxylic acids is 2. The third-order valence-electron chi connectivity index (χ3n) is 3.21. The molecule has 1 unspecified atom stereocenters. The van der Waals surface area contributed by atoms with Gasteiger partial charge < -0.3 is 9.64 Å². The first kappa shape index (κ1) is 14.1. The lowest BCUT2D eigenvalue weighted by Crippen LogP contribution is -2.45. The molecule has 5 heteroatoms. The molecule has 1 aromatic carbocycles. The van der Waals surface area contributed by atoms with Crippen molar-refractivity contribution in [1.29, 1.82) is 0 Å². The average Bonchev–Trinajstić information content (AvgIpc) is 3.22. The maximum atomic E-state index is 12.5. The number of hydrogen-bond acceptors (Lipinski definition) is 3. The molecule has 0 radical (unpaired) electrons. The molecule has 4 nitrogen and oxygen atoms in total. The number of carbonyl (C=O) groups is 2. The molecular formula is C14H16BrNO3. The van der Waals surface area contributed by atoms with Gasteiger partial charge in [-0.2, -0.15) is 0 Å². The summed E-state index contributed by atoms with van der Waals surface area (Å²) in [5, 5.41) is 0. The average molecular weight is 326 g/mol. The van der Waals surface area contributed by atoms with Crippen LogP contribution in [0.1, 0.15) is 30.1 Å². The smallest absolute Gasteiger partial charge is 0.328 e. The van der Waals surface area contributed by atoms with Crippen LogP contribution < -0.4 is 0 Å². The van der Waals surface area contributed by atoms with Crippen LogP contribution in [0.2, 0.25) is 0 Å². The van der Waals surface area contributed by atoms with Gasteiger partial charge in [0.25, 0.3) is 5.91 Å². The lowest BCUT2D eigenvalue weighted by atomic mass is 10.1. The van der Waals surface area contributed by atoms with Gasteiger partial charge in [0.1, 0.15) is 6.04 Å². The number of hydrogen-bond donors (Lipinski definition) is 0. The van der Waals surface area contributed by atoms with Crippen LogP contribution in [0, 0.1) is 0 Å². The molecule has 1 fully saturated rings. The molecular weight excluding hydrogens is 310 g/mol. The van der Waals surface area contributed by atoms with Gasteiger partial charge in [-0.25, -0.2) is 4.79 Å². The van der Waals surface area contributed by atoms with Gasteiger partial charge in [-0.15, -0.1) is 0 Å². The van der Waals surface area contributed by atoms with Gasteiger partial charge in [-0.1, -0.05) is 22.0 Å². The van der Waals surface area contributed by atoms with Gasteiger partial charge in [0.05, 0.1) is 7.11 Å². The highest BCUT2D eigenvalue weighted by Crippen LogP contribution is 2.30. The van der Waals surface area contributed by atoms with E-state index in [0.29, 0.717) is 5.56 Å². The third-order valence-corrected chi connectivity index (χ3v) is 3.70. The first-order chi connectivity index (χ1) is 9.04. The highest BCUT2D eigenvalue weighted by molar-refractivity contribution is 9.10. The lowest BCUT2D eigenvalue weighted by Gasteiger charge is -2.27. The summed E-state index contributed by atoms with van der Waals surface area (Å²) in [7, 11) is 1.34. The van der Waals surface area contributed by atoms with E-state index in [4.69, 9.17) is 4.74 Å². The number of halogens is 1. The second kappa shape index (κ2) is 5.74. The van der Waals surface area contributed by atoms with Crippen molar-refractivity contribution < 1.29 is 14.3 Å². The molecule has 2 rings (SSSR count). The van der Waals surface area contributed by atoms with Gasteiger partial charge in [0.2, 0.25) is 0 Å². The predicted molar refractivity (Wildman–Crippen MR) is 74.8 cm³/mol.